The van der Waals surface area contributed by atoms with E-state index in [4.69, 9.17) is 29.6 Å². The van der Waals surface area contributed by atoms with Gasteiger partial charge in [0.15, 0.2) is 0 Å². The van der Waals surface area contributed by atoms with Gasteiger partial charge in [-0.3, -0.25) is 0 Å². The highest BCUT2D eigenvalue weighted by Gasteiger charge is 2.13. The number of benzene rings is 1. The van der Waals surface area contributed by atoms with Crippen LogP contribution in [0.4, 0.5) is 0 Å². The summed E-state index contributed by atoms with van der Waals surface area (Å²) in [6, 6.07) is 6.05. The van der Waals surface area contributed by atoms with Crippen molar-refractivity contribution < 1.29 is 0 Å². The lowest BCUT2D eigenvalue weighted by molar-refractivity contribution is 0.449. The first-order valence-electron chi connectivity index (χ1n) is 5.73. The molecule has 1 nitrogen and oxygen atoms in total. The summed E-state index contributed by atoms with van der Waals surface area (Å²) in [5.74, 6) is 2.68. The molecule has 0 aromatic heterocycles. The van der Waals surface area contributed by atoms with Gasteiger partial charge >= 0.3 is 0 Å². The van der Waals surface area contributed by atoms with Crippen molar-refractivity contribution in [3.63, 3.8) is 0 Å². The second kappa shape index (κ2) is 6.91. The lowest BCUT2D eigenvalue weighted by atomic mass is 10.1. The van der Waals surface area contributed by atoms with Gasteiger partial charge in [-0.05, 0) is 31.0 Å². The predicted octanol–water partition coefficient (Wildman–Crippen LogP) is 4.45. The number of hydrogen-bond acceptors (Lipinski definition) is 1. The van der Waals surface area contributed by atoms with E-state index in [-0.39, 0.29) is 6.04 Å². The van der Waals surface area contributed by atoms with Crippen molar-refractivity contribution in [2.24, 2.45) is 0 Å². The van der Waals surface area contributed by atoms with Crippen LogP contribution in [-0.2, 0) is 0 Å². The van der Waals surface area contributed by atoms with Crippen LogP contribution in [-0.4, -0.2) is 6.04 Å². The Bertz CT molecular complexity index is 409. The van der Waals surface area contributed by atoms with Crippen molar-refractivity contribution in [2.75, 3.05) is 0 Å². The lowest BCUT2D eigenvalue weighted by Crippen LogP contribution is -2.30. The standard InChI is InChI=1S/C14H17Cl2N/c1-4-6-12(5-2)17-10(3)13-8-7-11(15)9-14(13)16/h1,7-10,12,17H,5-6H2,2-3H3. The SMILES string of the molecule is C#CCC(CC)NC(C)c1ccc(Cl)cc1Cl. The molecule has 0 aliphatic carbocycles. The average molecular weight is 270 g/mol. The fourth-order valence-corrected chi connectivity index (χ4v) is 2.33. The molecule has 0 fully saturated rings. The second-order valence-electron chi connectivity index (χ2n) is 4.07. The van der Waals surface area contributed by atoms with E-state index in [9.17, 15) is 0 Å². The van der Waals surface area contributed by atoms with Gasteiger partial charge in [-0.2, -0.15) is 0 Å². The molecule has 1 aromatic carbocycles. The maximum absolute atomic E-state index is 6.16. The van der Waals surface area contributed by atoms with Crippen molar-refractivity contribution in [2.45, 2.75) is 38.8 Å². The van der Waals surface area contributed by atoms with Crippen molar-refractivity contribution in [1.29, 1.82) is 0 Å². The summed E-state index contributed by atoms with van der Waals surface area (Å²) in [6.07, 6.45) is 7.06. The summed E-state index contributed by atoms with van der Waals surface area (Å²) in [4.78, 5) is 0. The van der Waals surface area contributed by atoms with Crippen LogP contribution in [0.1, 0.15) is 38.3 Å². The molecule has 0 saturated carbocycles. The number of rotatable bonds is 5. The fourth-order valence-electron chi connectivity index (χ4n) is 1.76. The predicted molar refractivity (Wildman–Crippen MR) is 75.5 cm³/mol. The number of terminal acetylenes is 1. The highest BCUT2D eigenvalue weighted by molar-refractivity contribution is 6.35. The van der Waals surface area contributed by atoms with Crippen LogP contribution in [0.3, 0.4) is 0 Å². The van der Waals surface area contributed by atoms with E-state index in [1.54, 1.807) is 6.07 Å². The maximum atomic E-state index is 6.16. The highest BCUT2D eigenvalue weighted by atomic mass is 35.5. The third kappa shape index (κ3) is 4.24. The van der Waals surface area contributed by atoms with Crippen molar-refractivity contribution >= 4 is 23.2 Å². The molecule has 0 spiro atoms. The van der Waals surface area contributed by atoms with Crippen molar-refractivity contribution in [3.05, 3.63) is 33.8 Å². The number of nitrogens with one attached hydrogen (secondary N) is 1. The monoisotopic (exact) mass is 269 g/mol. The zero-order chi connectivity index (χ0) is 12.8. The van der Waals surface area contributed by atoms with Crippen LogP contribution in [0.25, 0.3) is 0 Å². The summed E-state index contributed by atoms with van der Waals surface area (Å²) in [7, 11) is 0. The summed E-state index contributed by atoms with van der Waals surface area (Å²) in [5.41, 5.74) is 1.05. The molecule has 0 radical (unpaired) electrons. The van der Waals surface area contributed by atoms with Gasteiger partial charge in [0, 0.05) is 28.5 Å². The quantitative estimate of drug-likeness (QED) is 0.779. The average Bonchev–Trinajstić information content (AvgIpc) is 2.28. The summed E-state index contributed by atoms with van der Waals surface area (Å²) >= 11 is 12.0. The molecule has 0 bridgehead atoms. The summed E-state index contributed by atoms with van der Waals surface area (Å²) < 4.78 is 0. The Morgan fingerprint density at radius 1 is 1.41 bits per heavy atom. The zero-order valence-corrected chi connectivity index (χ0v) is 11.6. The summed E-state index contributed by atoms with van der Waals surface area (Å²) in [5, 5.41) is 4.82. The van der Waals surface area contributed by atoms with Crippen molar-refractivity contribution in [1.82, 2.24) is 5.32 Å². The Labute approximate surface area is 114 Å². The molecular weight excluding hydrogens is 253 g/mol. The number of hydrogen-bond donors (Lipinski definition) is 1. The zero-order valence-electron chi connectivity index (χ0n) is 10.1. The van der Waals surface area contributed by atoms with E-state index in [0.29, 0.717) is 16.1 Å². The molecule has 2 unspecified atom stereocenters. The third-order valence-electron chi connectivity index (χ3n) is 2.77. The normalized spacial score (nSPS) is 14.1. The van der Waals surface area contributed by atoms with Crippen LogP contribution in [0.2, 0.25) is 10.0 Å². The Morgan fingerprint density at radius 3 is 2.65 bits per heavy atom. The molecule has 92 valence electrons. The molecule has 1 aromatic rings. The van der Waals surface area contributed by atoms with Gasteiger partial charge in [-0.15, -0.1) is 12.3 Å². The van der Waals surface area contributed by atoms with Crippen LogP contribution in [0.5, 0.6) is 0 Å². The molecule has 0 aliphatic rings. The van der Waals surface area contributed by atoms with Crippen LogP contribution < -0.4 is 5.32 Å². The van der Waals surface area contributed by atoms with Crippen molar-refractivity contribution in [3.8, 4) is 12.3 Å². The maximum Gasteiger partial charge on any atom is 0.0468 e. The highest BCUT2D eigenvalue weighted by Crippen LogP contribution is 2.26. The molecule has 3 heteroatoms. The molecule has 0 heterocycles. The van der Waals surface area contributed by atoms with E-state index in [2.05, 4.69) is 25.1 Å². The van der Waals surface area contributed by atoms with Gasteiger partial charge in [0.25, 0.3) is 0 Å². The molecule has 2 atom stereocenters. The van der Waals surface area contributed by atoms with E-state index < -0.39 is 0 Å². The van der Waals surface area contributed by atoms with E-state index in [1.807, 2.05) is 12.1 Å². The molecule has 0 aliphatic heterocycles. The second-order valence-corrected chi connectivity index (χ2v) is 4.91. The fraction of sp³-hybridized carbons (Fsp3) is 0.429. The van der Waals surface area contributed by atoms with Gasteiger partial charge in [0.05, 0.1) is 0 Å². The van der Waals surface area contributed by atoms with Crippen LogP contribution in [0, 0.1) is 12.3 Å². The molecule has 1 N–H and O–H groups in total. The Hall–Kier alpha value is -0.680. The first-order valence-corrected chi connectivity index (χ1v) is 6.48. The topological polar surface area (TPSA) is 12.0 Å². The largest absolute Gasteiger partial charge is 0.306 e. The van der Waals surface area contributed by atoms with Gasteiger partial charge in [-0.1, -0.05) is 36.2 Å². The Morgan fingerprint density at radius 2 is 2.12 bits per heavy atom. The van der Waals surface area contributed by atoms with Gasteiger partial charge in [0.1, 0.15) is 0 Å². The van der Waals surface area contributed by atoms with Gasteiger partial charge in [0.2, 0.25) is 0 Å². The van der Waals surface area contributed by atoms with Gasteiger partial charge < -0.3 is 5.32 Å². The third-order valence-corrected chi connectivity index (χ3v) is 3.33. The Kier molecular flexibility index (Phi) is 5.85. The Balaban J connectivity index is 2.75. The number of halogens is 2. The van der Waals surface area contributed by atoms with E-state index in [1.165, 1.54) is 0 Å². The molecular formula is C14H17Cl2N. The molecule has 0 amide bonds. The first kappa shape index (κ1) is 14.4. The minimum atomic E-state index is 0.165. The minimum Gasteiger partial charge on any atom is -0.306 e. The molecule has 17 heavy (non-hydrogen) atoms. The van der Waals surface area contributed by atoms with Gasteiger partial charge in [-0.25, -0.2) is 0 Å². The molecule has 1 rings (SSSR count). The first-order chi connectivity index (χ1) is 8.08. The minimum absolute atomic E-state index is 0.165. The van der Waals surface area contributed by atoms with Crippen LogP contribution >= 0.6 is 23.2 Å². The smallest absolute Gasteiger partial charge is 0.0468 e. The van der Waals surface area contributed by atoms with E-state index >= 15 is 0 Å². The summed E-state index contributed by atoms with van der Waals surface area (Å²) in [6.45, 7) is 4.19. The lowest BCUT2D eigenvalue weighted by Gasteiger charge is -2.21. The molecule has 0 saturated heterocycles. The van der Waals surface area contributed by atoms with E-state index in [0.717, 1.165) is 18.4 Å². The van der Waals surface area contributed by atoms with Crippen LogP contribution in [0.15, 0.2) is 18.2 Å².